The Kier molecular flexibility index (Phi) is 2.44. The number of fused-ring (bicyclic) bond motifs is 1. The molecule has 1 atom stereocenters. The first-order valence-corrected chi connectivity index (χ1v) is 5.41. The molecule has 0 aliphatic carbocycles. The third kappa shape index (κ3) is 1.61. The average molecular weight is 228 g/mol. The first-order chi connectivity index (χ1) is 7.04. The Bertz CT molecular complexity index is 421. The number of benzene rings is 1. The Labute approximate surface area is 89.9 Å². The molecule has 1 aliphatic rings. The highest BCUT2D eigenvalue weighted by atomic mass is 32.2. The van der Waals surface area contributed by atoms with E-state index >= 15 is 0 Å². The van der Waals surface area contributed by atoms with Gasteiger partial charge in [-0.2, -0.15) is 0 Å². The van der Waals surface area contributed by atoms with E-state index in [-0.39, 0.29) is 12.0 Å². The van der Waals surface area contributed by atoms with Crippen LogP contribution >= 0.6 is 11.8 Å². The SMILES string of the molecule is O=C(O)C1(O)CCSc2cc(F)ccc21. The van der Waals surface area contributed by atoms with Gasteiger partial charge < -0.3 is 10.2 Å². The van der Waals surface area contributed by atoms with E-state index in [4.69, 9.17) is 5.11 Å². The molecule has 1 aromatic carbocycles. The molecule has 1 unspecified atom stereocenters. The summed E-state index contributed by atoms with van der Waals surface area (Å²) in [5.74, 6) is -1.23. The highest BCUT2D eigenvalue weighted by Gasteiger charge is 2.42. The number of hydrogen-bond acceptors (Lipinski definition) is 3. The maximum Gasteiger partial charge on any atom is 0.340 e. The predicted molar refractivity (Wildman–Crippen MR) is 53.3 cm³/mol. The predicted octanol–water partition coefficient (Wildman–Crippen LogP) is 1.59. The monoisotopic (exact) mass is 228 g/mol. The van der Waals surface area contributed by atoms with Crippen molar-refractivity contribution in [1.29, 1.82) is 0 Å². The minimum Gasteiger partial charge on any atom is -0.479 e. The molecule has 1 aliphatic heterocycles. The van der Waals surface area contributed by atoms with Gasteiger partial charge in [0.05, 0.1) is 0 Å². The topological polar surface area (TPSA) is 57.5 Å². The zero-order valence-electron chi connectivity index (χ0n) is 7.74. The summed E-state index contributed by atoms with van der Waals surface area (Å²) in [4.78, 5) is 11.5. The van der Waals surface area contributed by atoms with Crippen LogP contribution in [0.1, 0.15) is 12.0 Å². The van der Waals surface area contributed by atoms with Crippen molar-refractivity contribution < 1.29 is 19.4 Å². The molecule has 0 saturated heterocycles. The number of aliphatic hydroxyl groups is 1. The van der Waals surface area contributed by atoms with Gasteiger partial charge in [0.1, 0.15) is 5.82 Å². The van der Waals surface area contributed by atoms with Gasteiger partial charge in [0.15, 0.2) is 5.60 Å². The van der Waals surface area contributed by atoms with Gasteiger partial charge >= 0.3 is 5.97 Å². The summed E-state index contributed by atoms with van der Waals surface area (Å²) in [7, 11) is 0. The average Bonchev–Trinajstić information content (AvgIpc) is 2.17. The lowest BCUT2D eigenvalue weighted by Crippen LogP contribution is -2.38. The lowest BCUT2D eigenvalue weighted by molar-refractivity contribution is -0.160. The largest absolute Gasteiger partial charge is 0.479 e. The van der Waals surface area contributed by atoms with Crippen molar-refractivity contribution in [2.45, 2.75) is 16.9 Å². The molecule has 15 heavy (non-hydrogen) atoms. The molecule has 3 nitrogen and oxygen atoms in total. The van der Waals surface area contributed by atoms with E-state index in [1.54, 1.807) is 0 Å². The first kappa shape index (κ1) is 10.4. The zero-order chi connectivity index (χ0) is 11.1. The first-order valence-electron chi connectivity index (χ1n) is 4.42. The van der Waals surface area contributed by atoms with Gasteiger partial charge in [-0.05, 0) is 12.1 Å². The number of halogens is 1. The summed E-state index contributed by atoms with van der Waals surface area (Å²) in [6, 6.07) is 3.76. The molecule has 1 heterocycles. The fourth-order valence-corrected chi connectivity index (χ4v) is 2.83. The highest BCUT2D eigenvalue weighted by Crippen LogP contribution is 2.40. The molecule has 1 aromatic rings. The lowest BCUT2D eigenvalue weighted by Gasteiger charge is -2.29. The molecular weight excluding hydrogens is 219 g/mol. The minimum atomic E-state index is -1.87. The lowest BCUT2D eigenvalue weighted by atomic mass is 9.91. The standard InChI is InChI=1S/C10H9FO3S/c11-6-1-2-7-8(5-6)15-4-3-10(7,14)9(12)13/h1-2,5,14H,3-4H2,(H,12,13). The van der Waals surface area contributed by atoms with Crippen molar-refractivity contribution in [3.63, 3.8) is 0 Å². The quantitative estimate of drug-likeness (QED) is 0.766. The van der Waals surface area contributed by atoms with Gasteiger partial charge in [-0.1, -0.05) is 6.07 Å². The van der Waals surface area contributed by atoms with Crippen LogP contribution in [0, 0.1) is 5.82 Å². The van der Waals surface area contributed by atoms with Crippen LogP contribution in [-0.4, -0.2) is 21.9 Å². The number of hydrogen-bond donors (Lipinski definition) is 2. The number of thioether (sulfide) groups is 1. The zero-order valence-corrected chi connectivity index (χ0v) is 8.55. The third-order valence-electron chi connectivity index (χ3n) is 2.46. The van der Waals surface area contributed by atoms with Crippen LogP contribution in [0.25, 0.3) is 0 Å². The summed E-state index contributed by atoms with van der Waals surface area (Å²) in [6.45, 7) is 0. The number of carboxylic acid groups (broad SMARTS) is 1. The number of rotatable bonds is 1. The van der Waals surface area contributed by atoms with Gasteiger partial charge in [0.25, 0.3) is 0 Å². The second-order valence-corrected chi connectivity index (χ2v) is 4.54. The van der Waals surface area contributed by atoms with Gasteiger partial charge in [-0.3, -0.25) is 0 Å². The Morgan fingerprint density at radius 2 is 2.27 bits per heavy atom. The molecule has 0 spiro atoms. The normalized spacial score (nSPS) is 24.7. The second-order valence-electron chi connectivity index (χ2n) is 3.40. The molecular formula is C10H9FO3S. The number of carbonyl (C=O) groups is 1. The molecule has 80 valence electrons. The van der Waals surface area contributed by atoms with E-state index in [1.165, 1.54) is 30.0 Å². The highest BCUT2D eigenvalue weighted by molar-refractivity contribution is 7.99. The third-order valence-corrected chi connectivity index (χ3v) is 3.52. The fraction of sp³-hybridized carbons (Fsp3) is 0.300. The van der Waals surface area contributed by atoms with Crippen LogP contribution in [0.15, 0.2) is 23.1 Å². The Hall–Kier alpha value is -1.07. The maximum atomic E-state index is 12.9. The van der Waals surface area contributed by atoms with Gasteiger partial charge in [0, 0.05) is 22.6 Å². The molecule has 0 aromatic heterocycles. The molecule has 2 N–H and O–H groups in total. The molecule has 0 bridgehead atoms. The van der Waals surface area contributed by atoms with Crippen LogP contribution in [0.3, 0.4) is 0 Å². The summed E-state index contributed by atoms with van der Waals surface area (Å²) >= 11 is 1.36. The van der Waals surface area contributed by atoms with E-state index in [0.29, 0.717) is 10.6 Å². The van der Waals surface area contributed by atoms with E-state index in [2.05, 4.69) is 0 Å². The molecule has 0 radical (unpaired) electrons. The molecule has 0 amide bonds. The molecule has 0 saturated carbocycles. The van der Waals surface area contributed by atoms with Crippen molar-refractivity contribution in [2.75, 3.05) is 5.75 Å². The summed E-state index contributed by atoms with van der Waals surface area (Å²) < 4.78 is 12.9. The van der Waals surface area contributed by atoms with Crippen LogP contribution < -0.4 is 0 Å². The van der Waals surface area contributed by atoms with Crippen molar-refractivity contribution in [3.8, 4) is 0 Å². The Morgan fingerprint density at radius 3 is 2.93 bits per heavy atom. The number of carboxylic acids is 1. The van der Waals surface area contributed by atoms with Gasteiger partial charge in [-0.15, -0.1) is 11.8 Å². The molecule has 2 rings (SSSR count). The van der Waals surface area contributed by atoms with Crippen LogP contribution in [0.5, 0.6) is 0 Å². The van der Waals surface area contributed by atoms with E-state index in [1.807, 2.05) is 0 Å². The van der Waals surface area contributed by atoms with E-state index in [9.17, 15) is 14.3 Å². The number of aliphatic carboxylic acids is 1. The smallest absolute Gasteiger partial charge is 0.340 e. The molecule has 0 fully saturated rings. The van der Waals surface area contributed by atoms with Crippen LogP contribution in [-0.2, 0) is 10.4 Å². The Balaban J connectivity index is 2.56. The summed E-state index contributed by atoms with van der Waals surface area (Å²) in [5.41, 5.74) is -1.58. The maximum absolute atomic E-state index is 12.9. The van der Waals surface area contributed by atoms with Crippen LogP contribution in [0.4, 0.5) is 4.39 Å². The van der Waals surface area contributed by atoms with E-state index < -0.39 is 17.4 Å². The van der Waals surface area contributed by atoms with Crippen LogP contribution in [0.2, 0.25) is 0 Å². The fourth-order valence-electron chi connectivity index (χ4n) is 1.62. The van der Waals surface area contributed by atoms with Gasteiger partial charge in [0.2, 0.25) is 0 Å². The minimum absolute atomic E-state index is 0.144. The second kappa shape index (κ2) is 3.50. The summed E-state index contributed by atoms with van der Waals surface area (Å²) in [5, 5.41) is 18.9. The van der Waals surface area contributed by atoms with Crippen molar-refractivity contribution in [1.82, 2.24) is 0 Å². The molecule has 5 heteroatoms. The van der Waals surface area contributed by atoms with Gasteiger partial charge in [-0.25, -0.2) is 9.18 Å². The summed E-state index contributed by atoms with van der Waals surface area (Å²) in [6.07, 6.45) is 0.144. The van der Waals surface area contributed by atoms with Crippen molar-refractivity contribution >= 4 is 17.7 Å². The Morgan fingerprint density at radius 1 is 1.53 bits per heavy atom. The van der Waals surface area contributed by atoms with Crippen molar-refractivity contribution in [3.05, 3.63) is 29.6 Å². The van der Waals surface area contributed by atoms with Crippen molar-refractivity contribution in [2.24, 2.45) is 0 Å². The van der Waals surface area contributed by atoms with E-state index in [0.717, 1.165) is 0 Å².